The molecule has 0 saturated carbocycles. The normalized spacial score (nSPS) is 29.8. The summed E-state index contributed by atoms with van der Waals surface area (Å²) in [4.78, 5) is 12.9. The largest absolute Gasteiger partial charge is 0.387 e. The third kappa shape index (κ3) is 4.04. The maximum atomic E-state index is 13.7. The second kappa shape index (κ2) is 6.34. The summed E-state index contributed by atoms with van der Waals surface area (Å²) < 4.78 is 34.5. The van der Waals surface area contributed by atoms with E-state index in [-0.39, 0.29) is 5.56 Å². The Morgan fingerprint density at radius 3 is 2.62 bits per heavy atom. The topological polar surface area (TPSA) is 109 Å². The van der Waals surface area contributed by atoms with Crippen molar-refractivity contribution in [2.75, 3.05) is 6.61 Å². The van der Waals surface area contributed by atoms with Crippen LogP contribution in [0.3, 0.4) is 0 Å². The average molecular weight is 362 g/mol. The first-order chi connectivity index (χ1) is 9.69. The van der Waals surface area contributed by atoms with Crippen LogP contribution in [0, 0.1) is 5.95 Å². The summed E-state index contributed by atoms with van der Waals surface area (Å²) >= 11 is 10.4. The Labute approximate surface area is 127 Å². The standard InChI is InChI=1S/C10H11Cl2FNO6P/c11-21(12,18)19-3-5-7(16)8(17)9(20-5)4-1-2-6(15)14-10(4)13/h1-2,5,7-9,16-17H,3H2,(H,14,15)/t5-,7+,8?,9+/m1/s1. The molecule has 0 bridgehead atoms. The molecule has 0 aromatic carbocycles. The van der Waals surface area contributed by atoms with Gasteiger partial charge in [0, 0.05) is 11.6 Å². The molecule has 1 unspecified atom stereocenters. The number of pyridine rings is 1. The Kier molecular flexibility index (Phi) is 5.10. The molecule has 1 aromatic rings. The van der Waals surface area contributed by atoms with Gasteiger partial charge >= 0.3 is 6.07 Å². The van der Waals surface area contributed by atoms with E-state index in [0.717, 1.165) is 12.1 Å². The van der Waals surface area contributed by atoms with Crippen molar-refractivity contribution in [2.45, 2.75) is 24.4 Å². The molecule has 0 spiro atoms. The van der Waals surface area contributed by atoms with Crippen LogP contribution in [0.25, 0.3) is 0 Å². The van der Waals surface area contributed by atoms with Crippen molar-refractivity contribution in [3.8, 4) is 0 Å². The lowest BCUT2D eigenvalue weighted by molar-refractivity contribution is -0.0165. The van der Waals surface area contributed by atoms with Crippen molar-refractivity contribution in [1.29, 1.82) is 0 Å². The van der Waals surface area contributed by atoms with Crippen molar-refractivity contribution < 1.29 is 28.4 Å². The van der Waals surface area contributed by atoms with Gasteiger partial charge < -0.3 is 19.5 Å². The smallest absolute Gasteiger partial charge is 0.380 e. The van der Waals surface area contributed by atoms with Gasteiger partial charge in [-0.1, -0.05) is 0 Å². The van der Waals surface area contributed by atoms with E-state index < -0.39 is 48.6 Å². The molecule has 1 fully saturated rings. The number of rotatable bonds is 4. The van der Waals surface area contributed by atoms with Crippen LogP contribution < -0.4 is 5.56 Å². The maximum Gasteiger partial charge on any atom is 0.380 e. The minimum Gasteiger partial charge on any atom is -0.387 e. The number of nitrogens with one attached hydrogen (secondary N) is 1. The SMILES string of the molecule is O=c1ccc([C@@H]2O[C@H](COP(=O)(Cl)Cl)[C@H](O)C2O)c(F)[nH]1. The van der Waals surface area contributed by atoms with E-state index in [1.165, 1.54) is 0 Å². The fourth-order valence-corrected chi connectivity index (χ4v) is 2.64. The second-order valence-corrected chi connectivity index (χ2v) is 8.66. The Balaban J connectivity index is 2.16. The highest BCUT2D eigenvalue weighted by Crippen LogP contribution is 2.57. The van der Waals surface area contributed by atoms with E-state index in [0.29, 0.717) is 0 Å². The third-order valence-corrected chi connectivity index (χ3v) is 3.99. The minimum absolute atomic E-state index is 0.136. The number of aliphatic hydroxyl groups is 2. The van der Waals surface area contributed by atoms with Gasteiger partial charge in [-0.05, 0) is 28.5 Å². The summed E-state index contributed by atoms with van der Waals surface area (Å²) in [5, 5.41) is 19.7. The second-order valence-electron chi connectivity index (χ2n) is 4.38. The molecule has 118 valence electrons. The average Bonchev–Trinajstić information content (AvgIpc) is 2.64. The van der Waals surface area contributed by atoms with Crippen molar-refractivity contribution in [3.05, 3.63) is 34.0 Å². The number of hydrogen-bond donors (Lipinski definition) is 3. The molecular weight excluding hydrogens is 351 g/mol. The lowest BCUT2D eigenvalue weighted by atomic mass is 10.0. The number of halogens is 3. The predicted molar refractivity (Wildman–Crippen MR) is 71.9 cm³/mol. The molecule has 1 aliphatic heterocycles. The summed E-state index contributed by atoms with van der Waals surface area (Å²) in [5.74, 6) is -0.985. The first-order valence-corrected chi connectivity index (χ1v) is 9.17. The summed E-state index contributed by atoms with van der Waals surface area (Å²) in [5.41, 5.74) is -0.794. The van der Waals surface area contributed by atoms with Gasteiger partial charge in [0.15, 0.2) is 5.95 Å². The summed E-state index contributed by atoms with van der Waals surface area (Å²) in [6.07, 6.45) is -9.06. The van der Waals surface area contributed by atoms with Crippen LogP contribution in [0.15, 0.2) is 16.9 Å². The number of aromatic amines is 1. The molecule has 0 aliphatic carbocycles. The molecule has 3 N–H and O–H groups in total. The highest BCUT2D eigenvalue weighted by molar-refractivity contribution is 8.05. The third-order valence-electron chi connectivity index (χ3n) is 2.96. The van der Waals surface area contributed by atoms with E-state index in [1.807, 2.05) is 4.98 Å². The number of aliphatic hydroxyl groups excluding tert-OH is 2. The molecule has 2 rings (SSSR count). The van der Waals surface area contributed by atoms with Crippen molar-refractivity contribution in [3.63, 3.8) is 0 Å². The van der Waals surface area contributed by atoms with Crippen LogP contribution in [-0.2, 0) is 13.8 Å². The molecule has 2 heterocycles. The van der Waals surface area contributed by atoms with Crippen LogP contribution in [0.5, 0.6) is 0 Å². The van der Waals surface area contributed by atoms with Gasteiger partial charge in [0.2, 0.25) is 5.56 Å². The van der Waals surface area contributed by atoms with E-state index >= 15 is 0 Å². The van der Waals surface area contributed by atoms with Gasteiger partial charge in [0.25, 0.3) is 0 Å². The Morgan fingerprint density at radius 1 is 1.38 bits per heavy atom. The summed E-state index contributed by atoms with van der Waals surface area (Å²) in [7, 11) is 0. The molecule has 1 aromatic heterocycles. The number of aromatic nitrogens is 1. The molecule has 0 radical (unpaired) electrons. The zero-order valence-corrected chi connectivity index (χ0v) is 12.7. The highest BCUT2D eigenvalue weighted by atomic mass is 35.9. The quantitative estimate of drug-likeness (QED) is 0.550. The Hall–Kier alpha value is -0.470. The lowest BCUT2D eigenvalue weighted by Crippen LogP contribution is -2.33. The fourth-order valence-electron chi connectivity index (χ4n) is 1.98. The molecule has 11 heteroatoms. The van der Waals surface area contributed by atoms with Crippen molar-refractivity contribution >= 4 is 28.6 Å². The van der Waals surface area contributed by atoms with E-state index in [1.54, 1.807) is 0 Å². The van der Waals surface area contributed by atoms with Crippen LogP contribution in [-0.4, -0.2) is 40.1 Å². The first kappa shape index (κ1) is 16.9. The fraction of sp³-hybridized carbons (Fsp3) is 0.500. The van der Waals surface area contributed by atoms with Gasteiger partial charge in [-0.3, -0.25) is 14.3 Å². The molecule has 1 saturated heterocycles. The van der Waals surface area contributed by atoms with Crippen LogP contribution in [0.4, 0.5) is 4.39 Å². The van der Waals surface area contributed by atoms with Crippen LogP contribution in [0.2, 0.25) is 0 Å². The predicted octanol–water partition coefficient (Wildman–Crippen LogP) is 1.28. The summed E-state index contributed by atoms with van der Waals surface area (Å²) in [6.45, 7) is -0.454. The van der Waals surface area contributed by atoms with Crippen molar-refractivity contribution in [2.24, 2.45) is 0 Å². The van der Waals surface area contributed by atoms with Crippen molar-refractivity contribution in [1.82, 2.24) is 4.98 Å². The zero-order chi connectivity index (χ0) is 15.8. The maximum absolute atomic E-state index is 13.7. The number of H-pyrrole nitrogens is 1. The molecule has 21 heavy (non-hydrogen) atoms. The number of hydrogen-bond acceptors (Lipinski definition) is 6. The highest BCUT2D eigenvalue weighted by Gasteiger charge is 2.45. The van der Waals surface area contributed by atoms with Gasteiger partial charge in [-0.2, -0.15) is 4.39 Å². The molecule has 7 nitrogen and oxygen atoms in total. The summed E-state index contributed by atoms with van der Waals surface area (Å²) in [6, 6.07) is 2.18. The van der Waals surface area contributed by atoms with Crippen LogP contribution >= 0.6 is 28.6 Å². The Bertz CT molecular complexity index is 622. The Morgan fingerprint density at radius 2 is 2.05 bits per heavy atom. The minimum atomic E-state index is -3.82. The van der Waals surface area contributed by atoms with E-state index in [4.69, 9.17) is 27.2 Å². The van der Waals surface area contributed by atoms with Gasteiger partial charge in [0.05, 0.1) is 6.61 Å². The van der Waals surface area contributed by atoms with Gasteiger partial charge in [-0.25, -0.2) is 0 Å². The van der Waals surface area contributed by atoms with Gasteiger partial charge in [-0.15, -0.1) is 0 Å². The first-order valence-electron chi connectivity index (χ1n) is 5.73. The van der Waals surface area contributed by atoms with Gasteiger partial charge in [0.1, 0.15) is 24.4 Å². The number of ether oxygens (including phenoxy) is 1. The van der Waals surface area contributed by atoms with E-state index in [9.17, 15) is 24.0 Å². The zero-order valence-electron chi connectivity index (χ0n) is 10.3. The monoisotopic (exact) mass is 361 g/mol. The lowest BCUT2D eigenvalue weighted by Gasteiger charge is -2.15. The van der Waals surface area contributed by atoms with E-state index in [2.05, 4.69) is 4.52 Å². The molecule has 4 atom stereocenters. The molecule has 1 aliphatic rings. The molecule has 0 amide bonds. The van der Waals surface area contributed by atoms with Crippen LogP contribution in [0.1, 0.15) is 11.7 Å². The molecular formula is C10H11Cl2FNO6P.